The molecule has 178 valence electrons. The first-order valence-electron chi connectivity index (χ1n) is 12.1. The van der Waals surface area contributed by atoms with Crippen LogP contribution in [0.5, 0.6) is 0 Å². The van der Waals surface area contributed by atoms with E-state index in [4.69, 9.17) is 14.6 Å². The van der Waals surface area contributed by atoms with Crippen molar-refractivity contribution in [3.8, 4) is 0 Å². The quantitative estimate of drug-likeness (QED) is 0.133. The summed E-state index contributed by atoms with van der Waals surface area (Å²) in [5.74, 6) is 0. The minimum Gasteiger partial charge on any atom is -1.00 e. The number of nitrogens with zero attached hydrogens (tertiary/aromatic N) is 1. The summed E-state index contributed by atoms with van der Waals surface area (Å²) < 4.78 is 12.1. The molecule has 0 fully saturated rings. The van der Waals surface area contributed by atoms with Gasteiger partial charge in [-0.15, -0.1) is 0 Å². The maximum absolute atomic E-state index is 9.12. The highest BCUT2D eigenvalue weighted by Crippen LogP contribution is 2.13. The second-order valence-corrected chi connectivity index (χ2v) is 9.09. The van der Waals surface area contributed by atoms with Crippen LogP contribution in [-0.2, 0) is 9.47 Å². The minimum atomic E-state index is 0. The Kier molecular flexibility index (Phi) is 25.4. The summed E-state index contributed by atoms with van der Waals surface area (Å²) in [5.41, 5.74) is 0. The maximum atomic E-state index is 9.12. The number of aliphatic hydroxyl groups is 1. The molecule has 0 heterocycles. The average Bonchev–Trinajstić information content (AvgIpc) is 2.66. The Hall–Kier alpha value is 0.570. The van der Waals surface area contributed by atoms with E-state index in [0.29, 0.717) is 6.61 Å². The van der Waals surface area contributed by atoms with E-state index in [1.807, 2.05) is 0 Å². The van der Waals surface area contributed by atoms with Gasteiger partial charge >= 0.3 is 0 Å². The summed E-state index contributed by atoms with van der Waals surface area (Å²) in [6.45, 7) is 5.61. The van der Waals surface area contributed by atoms with Crippen molar-refractivity contribution < 1.29 is 43.0 Å². The fourth-order valence-corrected chi connectivity index (χ4v) is 3.72. The van der Waals surface area contributed by atoms with Gasteiger partial charge in [-0.2, -0.15) is 0 Å². The third-order valence-corrected chi connectivity index (χ3v) is 5.68. The van der Waals surface area contributed by atoms with Gasteiger partial charge in [0.2, 0.25) is 0 Å². The average molecular weight is 530 g/mol. The highest BCUT2D eigenvalue weighted by Gasteiger charge is 2.21. The number of hydrogen-bond donors (Lipinski definition) is 1. The van der Waals surface area contributed by atoms with E-state index in [1.54, 1.807) is 7.11 Å². The largest absolute Gasteiger partial charge is 1.00 e. The first kappa shape index (κ1) is 31.8. The van der Waals surface area contributed by atoms with Crippen LogP contribution in [0.3, 0.4) is 0 Å². The van der Waals surface area contributed by atoms with Crippen LogP contribution in [0.15, 0.2) is 0 Å². The fourth-order valence-electron chi connectivity index (χ4n) is 3.72. The van der Waals surface area contributed by atoms with Gasteiger partial charge in [-0.05, 0) is 6.42 Å². The zero-order valence-corrected chi connectivity index (χ0v) is 22.3. The van der Waals surface area contributed by atoms with Crippen LogP contribution in [0.25, 0.3) is 0 Å². The lowest BCUT2D eigenvalue weighted by Gasteiger charge is -2.32. The number of likely N-dealkylation sites (N-methyl/N-ethyl adjacent to an activating group) is 1. The van der Waals surface area contributed by atoms with Crippen molar-refractivity contribution in [3.05, 3.63) is 0 Å². The lowest BCUT2D eigenvalue weighted by atomic mass is 10.0. The van der Waals surface area contributed by atoms with Crippen LogP contribution in [0.2, 0.25) is 0 Å². The highest BCUT2D eigenvalue weighted by molar-refractivity contribution is 4.55. The summed E-state index contributed by atoms with van der Waals surface area (Å²) in [4.78, 5) is 0. The van der Waals surface area contributed by atoms with Crippen LogP contribution in [0.4, 0.5) is 0 Å². The lowest BCUT2D eigenvalue weighted by Crippen LogP contribution is -3.00. The Labute approximate surface area is 199 Å². The van der Waals surface area contributed by atoms with Crippen LogP contribution in [-0.4, -0.2) is 69.8 Å². The first-order valence-corrected chi connectivity index (χ1v) is 12.1. The van der Waals surface area contributed by atoms with E-state index in [9.17, 15) is 0 Å². The third-order valence-electron chi connectivity index (χ3n) is 5.68. The molecule has 0 saturated heterocycles. The van der Waals surface area contributed by atoms with Crippen LogP contribution >= 0.6 is 0 Å². The Bertz CT molecular complexity index is 317. The normalized spacial score (nSPS) is 12.7. The highest BCUT2D eigenvalue weighted by atomic mass is 127. The first-order chi connectivity index (χ1) is 13.6. The monoisotopic (exact) mass is 529 g/mol. The molecule has 4 nitrogen and oxygen atoms in total. The fraction of sp³-hybridized carbons (Fsp3) is 1.00. The molecular formula is C24H52INO3. The van der Waals surface area contributed by atoms with Gasteiger partial charge in [0, 0.05) is 13.7 Å². The molecule has 0 aromatic heterocycles. The summed E-state index contributed by atoms with van der Waals surface area (Å²) in [6.07, 6.45) is 19.5. The molecular weight excluding hydrogens is 477 g/mol. The molecule has 1 atom stereocenters. The van der Waals surface area contributed by atoms with E-state index in [2.05, 4.69) is 21.0 Å². The molecule has 5 heteroatoms. The van der Waals surface area contributed by atoms with Gasteiger partial charge in [-0.3, -0.25) is 0 Å². The predicted molar refractivity (Wildman–Crippen MR) is 121 cm³/mol. The number of aliphatic hydroxyl groups excluding tert-OH is 1. The summed E-state index contributed by atoms with van der Waals surface area (Å²) in [5, 5.41) is 9.12. The van der Waals surface area contributed by atoms with E-state index < -0.39 is 0 Å². The minimum absolute atomic E-state index is 0. The number of methoxy groups -OCH3 is 1. The van der Waals surface area contributed by atoms with Crippen LogP contribution in [0, 0.1) is 0 Å². The number of hydrogen-bond acceptors (Lipinski definition) is 3. The van der Waals surface area contributed by atoms with E-state index in [0.717, 1.165) is 30.6 Å². The van der Waals surface area contributed by atoms with Crippen molar-refractivity contribution in [2.75, 3.05) is 54.1 Å². The third kappa shape index (κ3) is 23.1. The van der Waals surface area contributed by atoms with E-state index >= 15 is 0 Å². The van der Waals surface area contributed by atoms with Crippen molar-refractivity contribution in [2.45, 2.75) is 103 Å². The molecule has 0 amide bonds. The molecule has 0 rings (SSSR count). The van der Waals surface area contributed by atoms with Gasteiger partial charge < -0.3 is 43.0 Å². The molecule has 0 spiro atoms. The van der Waals surface area contributed by atoms with Gasteiger partial charge in [0.1, 0.15) is 19.2 Å². The van der Waals surface area contributed by atoms with Crippen molar-refractivity contribution in [1.82, 2.24) is 0 Å². The maximum Gasteiger partial charge on any atom is 0.129 e. The molecule has 1 N–H and O–H groups in total. The summed E-state index contributed by atoms with van der Waals surface area (Å²) >= 11 is 0. The van der Waals surface area contributed by atoms with Crippen molar-refractivity contribution in [3.63, 3.8) is 0 Å². The van der Waals surface area contributed by atoms with Gasteiger partial charge in [0.05, 0.1) is 27.3 Å². The number of quaternary nitrogens is 1. The molecule has 0 aliphatic carbocycles. The molecule has 0 saturated carbocycles. The van der Waals surface area contributed by atoms with Crippen molar-refractivity contribution in [2.24, 2.45) is 0 Å². The van der Waals surface area contributed by atoms with Crippen molar-refractivity contribution in [1.29, 1.82) is 0 Å². The van der Waals surface area contributed by atoms with Gasteiger partial charge in [-0.1, -0.05) is 90.4 Å². The smallest absolute Gasteiger partial charge is 0.129 e. The van der Waals surface area contributed by atoms with Gasteiger partial charge in [0.25, 0.3) is 0 Å². The Balaban J connectivity index is 0. The molecule has 0 aromatic carbocycles. The summed E-state index contributed by atoms with van der Waals surface area (Å²) in [6, 6.07) is 0. The molecule has 0 aromatic rings. The second kappa shape index (κ2) is 23.2. The van der Waals surface area contributed by atoms with E-state index in [1.165, 1.54) is 83.5 Å². The number of halogens is 1. The lowest BCUT2D eigenvalue weighted by molar-refractivity contribution is -0.893. The Morgan fingerprint density at radius 3 is 1.62 bits per heavy atom. The van der Waals surface area contributed by atoms with Gasteiger partial charge in [0.15, 0.2) is 0 Å². The topological polar surface area (TPSA) is 38.7 Å². The number of ether oxygens (including phenoxy) is 2. The molecule has 0 radical (unpaired) electrons. The van der Waals surface area contributed by atoms with Crippen LogP contribution in [0.1, 0.15) is 96.8 Å². The number of unbranched alkanes of at least 4 members (excludes halogenated alkanes) is 13. The molecule has 0 bridgehead atoms. The molecule has 1 unspecified atom stereocenters. The standard InChI is InChI=1S/C24H52NO3.HI/c1-5-6-7-8-9-10-11-12-13-14-15-16-17-18-21-28-23-24(27-4)22-25(2,3)19-20-26;/h24,26H,5-23H2,1-4H3;1H/q+1;/p-1. The molecule has 0 aliphatic rings. The molecule has 29 heavy (non-hydrogen) atoms. The number of rotatable bonds is 22. The Morgan fingerprint density at radius 2 is 1.21 bits per heavy atom. The zero-order chi connectivity index (χ0) is 20.9. The van der Waals surface area contributed by atoms with Crippen LogP contribution < -0.4 is 24.0 Å². The molecule has 0 aliphatic heterocycles. The van der Waals surface area contributed by atoms with Gasteiger partial charge in [-0.25, -0.2) is 0 Å². The summed E-state index contributed by atoms with van der Waals surface area (Å²) in [7, 11) is 5.99. The second-order valence-electron chi connectivity index (χ2n) is 9.09. The SMILES string of the molecule is CCCCCCCCCCCCCCCCOCC(C[N+](C)(C)CCO)OC.[I-]. The van der Waals surface area contributed by atoms with E-state index in [-0.39, 0.29) is 36.7 Å². The predicted octanol–water partition coefficient (Wildman–Crippen LogP) is 2.57. The zero-order valence-electron chi connectivity index (χ0n) is 20.1. The Morgan fingerprint density at radius 1 is 0.759 bits per heavy atom. The van der Waals surface area contributed by atoms with Crippen molar-refractivity contribution >= 4 is 0 Å².